The third kappa shape index (κ3) is 5.25. The van der Waals surface area contributed by atoms with Crippen molar-refractivity contribution in [1.82, 2.24) is 28.7 Å². The number of nitrogens with zero attached hydrogens (tertiary/aromatic N) is 6. The lowest BCUT2D eigenvalue weighted by atomic mass is 9.86. The first kappa shape index (κ1) is 30.9. The maximum atomic E-state index is 15.8. The highest BCUT2D eigenvalue weighted by atomic mass is 32.1. The highest BCUT2D eigenvalue weighted by Crippen LogP contribution is 2.45. The Bertz CT molecular complexity index is 2230. The lowest BCUT2D eigenvalue weighted by molar-refractivity contribution is -0.160. The van der Waals surface area contributed by atoms with Crippen LogP contribution in [0, 0.1) is 19.7 Å². The fourth-order valence-corrected chi connectivity index (χ4v) is 7.19. The van der Waals surface area contributed by atoms with Crippen LogP contribution in [0.2, 0.25) is 0 Å². The Labute approximate surface area is 275 Å². The van der Waals surface area contributed by atoms with Crippen molar-refractivity contribution in [3.05, 3.63) is 64.7 Å². The first-order valence-electron chi connectivity index (χ1n) is 15.4. The van der Waals surface area contributed by atoms with Crippen molar-refractivity contribution in [3.63, 3.8) is 0 Å². The molecule has 5 heterocycles. The predicted octanol–water partition coefficient (Wildman–Crippen LogP) is 7.33. The van der Waals surface area contributed by atoms with Crippen LogP contribution in [0.4, 0.5) is 4.39 Å². The van der Waals surface area contributed by atoms with Crippen molar-refractivity contribution < 1.29 is 23.8 Å². The van der Waals surface area contributed by atoms with Crippen LogP contribution in [-0.4, -0.2) is 52.0 Å². The van der Waals surface area contributed by atoms with Gasteiger partial charge >= 0.3 is 5.97 Å². The zero-order valence-electron chi connectivity index (χ0n) is 27.3. The zero-order valence-corrected chi connectivity index (χ0v) is 28.1. The quantitative estimate of drug-likeness (QED) is 0.198. The van der Waals surface area contributed by atoms with Gasteiger partial charge in [0.15, 0.2) is 23.5 Å². The fourth-order valence-electron chi connectivity index (χ4n) is 6.53. The number of fused-ring (bicyclic) bond motifs is 3. The van der Waals surface area contributed by atoms with E-state index in [1.165, 1.54) is 17.6 Å². The van der Waals surface area contributed by atoms with Gasteiger partial charge in [-0.25, -0.2) is 19.2 Å². The van der Waals surface area contributed by atoms with E-state index < -0.39 is 23.5 Å². The summed E-state index contributed by atoms with van der Waals surface area (Å²) in [6.45, 7) is 9.59. The number of rotatable bonds is 6. The summed E-state index contributed by atoms with van der Waals surface area (Å²) in [5.41, 5.74) is 6.07. The molecule has 0 saturated heterocycles. The Morgan fingerprint density at radius 3 is 2.68 bits per heavy atom. The number of ether oxygens (including phenoxy) is 2. The minimum atomic E-state index is -1.35. The van der Waals surface area contributed by atoms with Gasteiger partial charge in [-0.2, -0.15) is 9.47 Å². The van der Waals surface area contributed by atoms with Crippen LogP contribution in [0.1, 0.15) is 55.7 Å². The SMILES string of the molecule is Cc1nc2c(cc(-c3nsc(-c4ccc5c(cnn5C)c4)n3)n2C)c(-c2cc(F)c3c(c2C)CCCO3)c1[C@H](OC(C)(C)C)C(=O)O. The molecule has 0 spiro atoms. The number of aliphatic carboxylic acids is 1. The van der Waals surface area contributed by atoms with Crippen LogP contribution >= 0.6 is 11.5 Å². The lowest BCUT2D eigenvalue weighted by Crippen LogP contribution is -2.28. The van der Waals surface area contributed by atoms with Crippen molar-refractivity contribution in [2.24, 2.45) is 14.1 Å². The highest BCUT2D eigenvalue weighted by molar-refractivity contribution is 7.09. The smallest absolute Gasteiger partial charge is 0.337 e. The fraction of sp³-hybridized carbons (Fsp3) is 0.343. The average molecular weight is 655 g/mol. The van der Waals surface area contributed by atoms with Crippen LogP contribution in [-0.2, 0) is 30.0 Å². The summed E-state index contributed by atoms with van der Waals surface area (Å²) in [7, 11) is 3.78. The topological polar surface area (TPSA) is 117 Å². The summed E-state index contributed by atoms with van der Waals surface area (Å²) in [4.78, 5) is 22.7. The summed E-state index contributed by atoms with van der Waals surface area (Å²) in [6, 6.07) is 9.43. The van der Waals surface area contributed by atoms with Gasteiger partial charge in [-0.1, -0.05) is 0 Å². The number of benzene rings is 2. The number of aryl methyl sites for hydroxylation is 3. The average Bonchev–Trinajstić information content (AvgIpc) is 3.74. The molecule has 0 aliphatic carbocycles. The minimum absolute atomic E-state index is 0.263. The Kier molecular flexibility index (Phi) is 7.40. The third-order valence-corrected chi connectivity index (χ3v) is 9.48. The van der Waals surface area contributed by atoms with E-state index in [4.69, 9.17) is 23.8 Å². The molecule has 1 atom stereocenters. The van der Waals surface area contributed by atoms with Crippen LogP contribution in [0.15, 0.2) is 36.5 Å². The molecule has 12 heteroatoms. The van der Waals surface area contributed by atoms with E-state index in [-0.39, 0.29) is 5.75 Å². The van der Waals surface area contributed by atoms with E-state index >= 15 is 4.39 Å². The van der Waals surface area contributed by atoms with E-state index in [1.54, 1.807) is 6.92 Å². The summed E-state index contributed by atoms with van der Waals surface area (Å²) in [5.74, 6) is -0.869. The van der Waals surface area contributed by atoms with Crippen LogP contribution < -0.4 is 4.74 Å². The molecule has 47 heavy (non-hydrogen) atoms. The van der Waals surface area contributed by atoms with E-state index in [2.05, 4.69) is 5.10 Å². The number of hydrogen-bond acceptors (Lipinski definition) is 8. The summed E-state index contributed by atoms with van der Waals surface area (Å²) in [5, 5.41) is 17.3. The molecule has 242 valence electrons. The Morgan fingerprint density at radius 1 is 1.15 bits per heavy atom. The maximum Gasteiger partial charge on any atom is 0.337 e. The molecule has 6 aromatic rings. The molecule has 0 amide bonds. The van der Waals surface area contributed by atoms with Crippen molar-refractivity contribution in [3.8, 4) is 39.0 Å². The van der Waals surface area contributed by atoms with Crippen molar-refractivity contribution >= 4 is 39.4 Å². The Hall–Kier alpha value is -4.68. The molecule has 10 nitrogen and oxygen atoms in total. The second kappa shape index (κ2) is 11.2. The van der Waals surface area contributed by atoms with Gasteiger partial charge in [-0.05, 0) is 100 Å². The normalized spacial score (nSPS) is 14.0. The molecule has 0 radical (unpaired) electrons. The van der Waals surface area contributed by atoms with Crippen molar-refractivity contribution in [2.75, 3.05) is 6.61 Å². The standard InChI is InChI=1S/C35H35FN6O4S/c1-17-21-9-8-12-45-29(21)24(36)14-22(17)28-23-15-26(31-39-33(47-40-31)19-10-11-25-20(13-19)16-37-42(25)7)41(6)32(23)38-18(2)27(28)30(34(43)44)46-35(3,4)5/h10-11,13-16,30H,8-9,12H2,1-7H3,(H,43,44)/t30-/m0/s1. The molecule has 1 aliphatic rings. The largest absolute Gasteiger partial charge is 0.490 e. The van der Waals surface area contributed by atoms with Gasteiger partial charge in [-0.3, -0.25) is 4.68 Å². The second-order valence-corrected chi connectivity index (χ2v) is 13.8. The minimum Gasteiger partial charge on any atom is -0.490 e. The van der Waals surface area contributed by atoms with Gasteiger partial charge in [0, 0.05) is 52.8 Å². The van der Waals surface area contributed by atoms with Gasteiger partial charge in [-0.15, -0.1) is 0 Å². The number of carboxylic acids is 1. The maximum absolute atomic E-state index is 15.8. The molecule has 4 aromatic heterocycles. The number of hydrogen-bond donors (Lipinski definition) is 1. The second-order valence-electron chi connectivity index (χ2n) is 13.0. The molecule has 0 unspecified atom stereocenters. The number of pyridine rings is 1. The van der Waals surface area contributed by atoms with Crippen LogP contribution in [0.25, 0.3) is 55.2 Å². The number of halogens is 1. The Morgan fingerprint density at radius 2 is 1.94 bits per heavy atom. The summed E-state index contributed by atoms with van der Waals surface area (Å²) in [6.07, 6.45) is 1.89. The molecule has 1 aliphatic heterocycles. The Balaban J connectivity index is 1.46. The molecular formula is C35H35FN6O4S. The third-order valence-electron chi connectivity index (χ3n) is 8.71. The predicted molar refractivity (Wildman–Crippen MR) is 179 cm³/mol. The van der Waals surface area contributed by atoms with Gasteiger partial charge < -0.3 is 19.1 Å². The van der Waals surface area contributed by atoms with Gasteiger partial charge in [0.1, 0.15) is 10.7 Å². The number of aromatic nitrogens is 6. The van der Waals surface area contributed by atoms with E-state index in [0.717, 1.165) is 39.0 Å². The molecule has 0 fully saturated rings. The van der Waals surface area contributed by atoms with Crippen molar-refractivity contribution in [1.29, 1.82) is 0 Å². The highest BCUT2D eigenvalue weighted by Gasteiger charge is 2.34. The molecule has 0 bridgehead atoms. The van der Waals surface area contributed by atoms with Crippen LogP contribution in [0.3, 0.4) is 0 Å². The molecular weight excluding hydrogens is 619 g/mol. The molecule has 1 N–H and O–H groups in total. The lowest BCUT2D eigenvalue weighted by Gasteiger charge is -2.29. The van der Waals surface area contributed by atoms with Gasteiger partial charge in [0.25, 0.3) is 0 Å². The van der Waals surface area contributed by atoms with E-state index in [1.807, 2.05) is 81.5 Å². The monoisotopic (exact) mass is 654 g/mol. The number of carbonyl (C=O) groups is 1. The number of carboxylic acid groups (broad SMARTS) is 1. The molecule has 2 aromatic carbocycles. The van der Waals surface area contributed by atoms with Gasteiger partial charge in [0.2, 0.25) is 0 Å². The van der Waals surface area contributed by atoms with Crippen LogP contribution in [0.5, 0.6) is 5.75 Å². The zero-order chi connectivity index (χ0) is 33.4. The van der Waals surface area contributed by atoms with E-state index in [0.29, 0.717) is 58.0 Å². The summed E-state index contributed by atoms with van der Waals surface area (Å²) >= 11 is 1.29. The molecule has 0 saturated carbocycles. The first-order chi connectivity index (χ1) is 22.3. The molecule has 7 rings (SSSR count). The van der Waals surface area contributed by atoms with Crippen molar-refractivity contribution in [2.45, 2.75) is 59.2 Å². The first-order valence-corrected chi connectivity index (χ1v) is 16.2. The van der Waals surface area contributed by atoms with Gasteiger partial charge in [0.05, 0.1) is 29.6 Å². The van der Waals surface area contributed by atoms with E-state index in [9.17, 15) is 9.90 Å². The summed E-state index contributed by atoms with van der Waals surface area (Å²) < 4.78 is 36.1.